The van der Waals surface area contributed by atoms with Crippen molar-refractivity contribution in [1.29, 1.82) is 0 Å². The van der Waals surface area contributed by atoms with Gasteiger partial charge in [0.05, 0.1) is 0 Å². The summed E-state index contributed by atoms with van der Waals surface area (Å²) in [4.78, 5) is 0. The van der Waals surface area contributed by atoms with Gasteiger partial charge in [-0.25, -0.2) is 0 Å². The Balaban J connectivity index is 1.23. The minimum absolute atomic E-state index is 0.235. The van der Waals surface area contributed by atoms with Gasteiger partial charge in [0.1, 0.15) is 11.2 Å². The summed E-state index contributed by atoms with van der Waals surface area (Å²) >= 11 is 0. The minimum Gasteiger partial charge on any atom is -0.455 e. The van der Waals surface area contributed by atoms with Crippen LogP contribution < -0.4 is 0 Å². The molecule has 0 bridgehead atoms. The fraction of sp³-hybridized carbons (Fsp3) is 0.0588. The molecule has 0 aliphatic heterocycles. The predicted molar refractivity (Wildman–Crippen MR) is 220 cm³/mol. The second-order valence-corrected chi connectivity index (χ2v) is 14.8. The van der Waals surface area contributed by atoms with Gasteiger partial charge in [0, 0.05) is 27.1 Å². The number of rotatable bonds is 3. The average Bonchev–Trinajstić information content (AvgIpc) is 3.69. The number of hydrogen-bond acceptors (Lipinski definition) is 1. The highest BCUT2D eigenvalue weighted by molar-refractivity contribution is 6.22. The zero-order valence-electron chi connectivity index (χ0n) is 29.1. The Labute approximate surface area is 302 Å². The largest absolute Gasteiger partial charge is 0.455 e. The van der Waals surface area contributed by atoms with Gasteiger partial charge >= 0.3 is 0 Å². The molecule has 0 spiro atoms. The molecule has 10 aromatic rings. The molecule has 1 aromatic heterocycles. The maximum Gasteiger partial charge on any atom is 0.143 e. The van der Waals surface area contributed by atoms with E-state index in [1.54, 1.807) is 0 Å². The molecule has 0 fully saturated rings. The lowest BCUT2D eigenvalue weighted by molar-refractivity contribution is 0.621. The minimum atomic E-state index is -0.235. The molecular weight excluding hydrogens is 629 g/mol. The fourth-order valence-electron chi connectivity index (χ4n) is 9.32. The first-order valence-electron chi connectivity index (χ1n) is 18.2. The topological polar surface area (TPSA) is 13.1 Å². The molecule has 0 N–H and O–H groups in total. The molecule has 0 saturated heterocycles. The van der Waals surface area contributed by atoms with Crippen LogP contribution in [0.25, 0.3) is 98.8 Å². The molecule has 1 heteroatoms. The second kappa shape index (κ2) is 10.8. The summed E-state index contributed by atoms with van der Waals surface area (Å²) in [5.74, 6) is 0. The SMILES string of the molecule is CC1(C)c2ccccc2-c2c(-c3cccc(-c4c5ccccc5c(-c5ccccc5)c5ccccc45)c3)cc3c(oc4c5ccccc5ccc34)c21. The fourth-order valence-corrected chi connectivity index (χ4v) is 9.32. The Morgan fingerprint density at radius 1 is 0.365 bits per heavy atom. The van der Waals surface area contributed by atoms with Crippen molar-refractivity contribution in [2.24, 2.45) is 0 Å². The third-order valence-corrected chi connectivity index (χ3v) is 11.6. The Hall–Kier alpha value is -6.44. The average molecular weight is 663 g/mol. The van der Waals surface area contributed by atoms with Gasteiger partial charge in [0.25, 0.3) is 0 Å². The Kier molecular flexibility index (Phi) is 6.08. The molecule has 0 amide bonds. The maximum absolute atomic E-state index is 7.00. The lowest BCUT2D eigenvalue weighted by Gasteiger charge is -2.22. The quantitative estimate of drug-likeness (QED) is 0.172. The van der Waals surface area contributed by atoms with Gasteiger partial charge in [-0.2, -0.15) is 0 Å². The van der Waals surface area contributed by atoms with Crippen LogP contribution in [0.15, 0.2) is 174 Å². The Morgan fingerprint density at radius 3 is 1.67 bits per heavy atom. The first kappa shape index (κ1) is 29.3. The number of furan rings is 1. The van der Waals surface area contributed by atoms with Gasteiger partial charge in [0.15, 0.2) is 0 Å². The van der Waals surface area contributed by atoms with Gasteiger partial charge in [-0.3, -0.25) is 0 Å². The molecule has 1 heterocycles. The number of fused-ring (bicyclic) bond motifs is 11. The second-order valence-electron chi connectivity index (χ2n) is 14.8. The van der Waals surface area contributed by atoms with E-state index in [4.69, 9.17) is 4.42 Å². The molecule has 244 valence electrons. The van der Waals surface area contributed by atoms with Gasteiger partial charge < -0.3 is 4.42 Å². The van der Waals surface area contributed by atoms with E-state index in [1.165, 1.54) is 88.0 Å². The van der Waals surface area contributed by atoms with E-state index in [-0.39, 0.29) is 5.41 Å². The van der Waals surface area contributed by atoms with E-state index in [0.717, 1.165) is 21.9 Å². The van der Waals surface area contributed by atoms with Crippen LogP contribution in [-0.2, 0) is 5.41 Å². The highest BCUT2D eigenvalue weighted by Crippen LogP contribution is 2.56. The molecule has 0 saturated carbocycles. The molecule has 1 nitrogen and oxygen atoms in total. The zero-order valence-corrected chi connectivity index (χ0v) is 29.1. The van der Waals surface area contributed by atoms with Crippen LogP contribution in [-0.4, -0.2) is 0 Å². The van der Waals surface area contributed by atoms with Crippen LogP contribution >= 0.6 is 0 Å². The summed E-state index contributed by atoms with van der Waals surface area (Å²) in [7, 11) is 0. The van der Waals surface area contributed by atoms with Crippen LogP contribution in [0.1, 0.15) is 25.0 Å². The van der Waals surface area contributed by atoms with Crippen molar-refractivity contribution in [3.63, 3.8) is 0 Å². The maximum atomic E-state index is 7.00. The van der Waals surface area contributed by atoms with Crippen LogP contribution in [0.2, 0.25) is 0 Å². The lowest BCUT2D eigenvalue weighted by atomic mass is 9.80. The van der Waals surface area contributed by atoms with Crippen LogP contribution in [0, 0.1) is 0 Å². The van der Waals surface area contributed by atoms with Crippen molar-refractivity contribution < 1.29 is 4.42 Å². The first-order valence-corrected chi connectivity index (χ1v) is 18.2. The van der Waals surface area contributed by atoms with Gasteiger partial charge in [-0.05, 0) is 95.2 Å². The van der Waals surface area contributed by atoms with Crippen molar-refractivity contribution in [1.82, 2.24) is 0 Å². The summed E-state index contributed by atoms with van der Waals surface area (Å²) in [6, 6.07) is 62.3. The Morgan fingerprint density at radius 2 is 0.942 bits per heavy atom. The molecule has 0 atom stereocenters. The molecule has 11 rings (SSSR count). The lowest BCUT2D eigenvalue weighted by Crippen LogP contribution is -2.15. The highest BCUT2D eigenvalue weighted by atomic mass is 16.3. The number of benzene rings is 9. The third kappa shape index (κ3) is 3.99. The van der Waals surface area contributed by atoms with Crippen LogP contribution in [0.5, 0.6) is 0 Å². The molecular formula is C51H34O. The molecule has 52 heavy (non-hydrogen) atoms. The first-order chi connectivity index (χ1) is 25.6. The van der Waals surface area contributed by atoms with Crippen LogP contribution in [0.3, 0.4) is 0 Å². The molecule has 9 aromatic carbocycles. The van der Waals surface area contributed by atoms with Gasteiger partial charge in [-0.1, -0.05) is 166 Å². The normalized spacial score (nSPS) is 13.3. The van der Waals surface area contributed by atoms with Crippen molar-refractivity contribution >= 4 is 54.3 Å². The van der Waals surface area contributed by atoms with E-state index < -0.39 is 0 Å². The van der Waals surface area contributed by atoms with E-state index in [0.29, 0.717) is 0 Å². The van der Waals surface area contributed by atoms with E-state index in [2.05, 4.69) is 184 Å². The molecule has 0 unspecified atom stereocenters. The monoisotopic (exact) mass is 662 g/mol. The van der Waals surface area contributed by atoms with Crippen LogP contribution in [0.4, 0.5) is 0 Å². The Bertz CT molecular complexity index is 3030. The highest BCUT2D eigenvalue weighted by Gasteiger charge is 2.40. The number of hydrogen-bond donors (Lipinski definition) is 0. The molecule has 1 aliphatic carbocycles. The van der Waals surface area contributed by atoms with Crippen molar-refractivity contribution in [3.8, 4) is 44.5 Å². The summed E-state index contributed by atoms with van der Waals surface area (Å²) in [5, 5.41) is 9.73. The van der Waals surface area contributed by atoms with E-state index >= 15 is 0 Å². The van der Waals surface area contributed by atoms with Crippen molar-refractivity contribution in [2.45, 2.75) is 19.3 Å². The third-order valence-electron chi connectivity index (χ3n) is 11.6. The smallest absolute Gasteiger partial charge is 0.143 e. The van der Waals surface area contributed by atoms with Crippen molar-refractivity contribution in [2.75, 3.05) is 0 Å². The summed E-state index contributed by atoms with van der Waals surface area (Å²) in [5.41, 5.74) is 14.4. The van der Waals surface area contributed by atoms with E-state index in [1.807, 2.05) is 0 Å². The van der Waals surface area contributed by atoms with Crippen molar-refractivity contribution in [3.05, 3.63) is 181 Å². The summed E-state index contributed by atoms with van der Waals surface area (Å²) in [6.07, 6.45) is 0. The standard InChI is InChI=1S/C51H34O/c1-51(2)44-26-13-12-25-41(44)47-42(30-43-40-28-27-31-15-6-7-20-35(31)49(40)52-50(43)48(47)51)33-18-14-19-34(29-33)46-38-23-10-8-21-36(38)45(32-16-4-3-5-17-32)37-22-9-11-24-39(37)46/h3-30H,1-2H3. The van der Waals surface area contributed by atoms with Gasteiger partial charge in [0.2, 0.25) is 0 Å². The van der Waals surface area contributed by atoms with Gasteiger partial charge in [-0.15, -0.1) is 0 Å². The predicted octanol–water partition coefficient (Wildman–Crippen LogP) is 14.4. The summed E-state index contributed by atoms with van der Waals surface area (Å²) in [6.45, 7) is 4.71. The zero-order chi connectivity index (χ0) is 34.6. The van der Waals surface area contributed by atoms with E-state index in [9.17, 15) is 0 Å². The summed E-state index contributed by atoms with van der Waals surface area (Å²) < 4.78 is 7.00. The molecule has 0 radical (unpaired) electrons. The molecule has 1 aliphatic rings.